The first-order valence-corrected chi connectivity index (χ1v) is 14.9. The molecular formula is C34H28ClF6N3O4. The minimum absolute atomic E-state index is 0.126. The number of hydrogen-bond donors (Lipinski definition) is 1. The summed E-state index contributed by atoms with van der Waals surface area (Å²) in [5.74, 6) is 0.837. The van der Waals surface area contributed by atoms with Gasteiger partial charge in [0.15, 0.2) is 0 Å². The molecule has 0 spiro atoms. The summed E-state index contributed by atoms with van der Waals surface area (Å²) in [5, 5.41) is 12.6. The van der Waals surface area contributed by atoms with Crippen LogP contribution in [0.15, 0.2) is 99.3 Å². The number of alkyl halides is 6. The lowest BCUT2D eigenvalue weighted by Gasteiger charge is -2.09. The standard InChI is InChI=1S/C22H14F6N2O3.C12H14ClNO/c23-21(24,25)17-7-3-1-5-15(17)19-29-13(11-32-19)9-31-10-14-12-33-20(30-14)16-6-2-4-8-18(16)22(26,27)28;1-8(14-15)6-10-7-12(10)9-2-4-11(13)5-3-9/h1-8,11-12H,9-10H2;2-5,10,12,15H,6-7H2,1H3/b;14-8+. The highest BCUT2D eigenvalue weighted by Gasteiger charge is 2.38. The molecule has 2 unspecified atom stereocenters. The molecule has 0 saturated heterocycles. The predicted molar refractivity (Wildman–Crippen MR) is 164 cm³/mol. The van der Waals surface area contributed by atoms with Crippen molar-refractivity contribution in [3.8, 4) is 22.9 Å². The van der Waals surface area contributed by atoms with Crippen LogP contribution < -0.4 is 0 Å². The molecule has 5 aromatic rings. The maximum Gasteiger partial charge on any atom is 0.417 e. The van der Waals surface area contributed by atoms with Crippen molar-refractivity contribution >= 4 is 17.3 Å². The topological polar surface area (TPSA) is 93.9 Å². The Morgan fingerprint density at radius 1 is 0.812 bits per heavy atom. The molecule has 1 aliphatic rings. The van der Waals surface area contributed by atoms with Crippen LogP contribution in [0.1, 0.15) is 53.8 Å². The number of oxime groups is 1. The Morgan fingerprint density at radius 2 is 1.29 bits per heavy atom. The first-order chi connectivity index (χ1) is 22.8. The molecule has 2 atom stereocenters. The molecule has 0 bridgehead atoms. The van der Waals surface area contributed by atoms with E-state index in [1.165, 1.54) is 48.4 Å². The number of aromatic nitrogens is 2. The van der Waals surface area contributed by atoms with Gasteiger partial charge in [0, 0.05) is 16.1 Å². The molecule has 1 saturated carbocycles. The van der Waals surface area contributed by atoms with E-state index in [0.29, 0.717) is 11.8 Å². The highest BCUT2D eigenvalue weighted by Crippen LogP contribution is 2.49. The lowest BCUT2D eigenvalue weighted by Crippen LogP contribution is -2.07. The second-order valence-corrected chi connectivity index (χ2v) is 11.5. The van der Waals surface area contributed by atoms with E-state index in [1.54, 1.807) is 0 Å². The lowest BCUT2D eigenvalue weighted by molar-refractivity contribution is -0.138. The third kappa shape index (κ3) is 8.84. The van der Waals surface area contributed by atoms with Gasteiger partial charge in [-0.05, 0) is 73.6 Å². The van der Waals surface area contributed by atoms with Crippen LogP contribution in [-0.2, 0) is 30.3 Å². The van der Waals surface area contributed by atoms with Crippen LogP contribution in [0.4, 0.5) is 26.3 Å². The number of oxazole rings is 2. The predicted octanol–water partition coefficient (Wildman–Crippen LogP) is 10.4. The molecule has 3 aromatic carbocycles. The Labute approximate surface area is 275 Å². The average molecular weight is 692 g/mol. The molecule has 0 radical (unpaired) electrons. The normalized spacial score (nSPS) is 16.4. The summed E-state index contributed by atoms with van der Waals surface area (Å²) in [6, 6.07) is 17.8. The number of hydrogen-bond acceptors (Lipinski definition) is 7. The van der Waals surface area contributed by atoms with Gasteiger partial charge in [-0.15, -0.1) is 0 Å². The summed E-state index contributed by atoms with van der Waals surface area (Å²) < 4.78 is 94.8. The van der Waals surface area contributed by atoms with Crippen LogP contribution in [-0.4, -0.2) is 20.9 Å². The van der Waals surface area contributed by atoms with Crippen LogP contribution >= 0.6 is 11.6 Å². The smallest absolute Gasteiger partial charge is 0.417 e. The molecule has 252 valence electrons. The summed E-state index contributed by atoms with van der Waals surface area (Å²) in [5.41, 5.74) is 0.441. The summed E-state index contributed by atoms with van der Waals surface area (Å²) in [7, 11) is 0. The molecule has 2 aromatic heterocycles. The first-order valence-electron chi connectivity index (χ1n) is 14.6. The second-order valence-electron chi connectivity index (χ2n) is 11.1. The highest BCUT2D eigenvalue weighted by molar-refractivity contribution is 6.30. The van der Waals surface area contributed by atoms with E-state index in [0.717, 1.165) is 41.8 Å². The van der Waals surface area contributed by atoms with Gasteiger partial charge >= 0.3 is 12.4 Å². The second kappa shape index (κ2) is 14.7. The fourth-order valence-corrected chi connectivity index (χ4v) is 5.23. The van der Waals surface area contributed by atoms with Crippen molar-refractivity contribution in [3.05, 3.63) is 118 Å². The molecule has 48 heavy (non-hydrogen) atoms. The van der Waals surface area contributed by atoms with Gasteiger partial charge in [-0.2, -0.15) is 26.3 Å². The fraction of sp³-hybridized carbons (Fsp3) is 0.265. The quantitative estimate of drug-likeness (QED) is 0.0716. The Bertz CT molecular complexity index is 1750. The Balaban J connectivity index is 0.000000250. The van der Waals surface area contributed by atoms with Gasteiger partial charge in [0.05, 0.1) is 30.1 Å². The van der Waals surface area contributed by atoms with E-state index in [4.69, 9.17) is 30.4 Å². The van der Waals surface area contributed by atoms with Gasteiger partial charge in [-0.1, -0.05) is 53.2 Å². The third-order valence-electron chi connectivity index (χ3n) is 7.48. The van der Waals surface area contributed by atoms with Gasteiger partial charge in [-0.25, -0.2) is 9.97 Å². The summed E-state index contributed by atoms with van der Waals surface area (Å²) >= 11 is 5.83. The molecule has 14 heteroatoms. The van der Waals surface area contributed by atoms with Crippen molar-refractivity contribution in [2.45, 2.75) is 51.2 Å². The van der Waals surface area contributed by atoms with Crippen molar-refractivity contribution in [3.63, 3.8) is 0 Å². The molecule has 1 fully saturated rings. The molecule has 7 nitrogen and oxygen atoms in total. The van der Waals surface area contributed by atoms with Crippen LogP contribution in [0, 0.1) is 5.92 Å². The van der Waals surface area contributed by atoms with E-state index >= 15 is 0 Å². The molecular weight excluding hydrogens is 664 g/mol. The SMILES string of the molecule is C/C(CC1CC1c1ccc(Cl)cc1)=N\O.FC(F)(F)c1ccccc1-c1nc(COCc2coc(-c3ccccc3C(F)(F)F)n2)co1. The van der Waals surface area contributed by atoms with Crippen molar-refractivity contribution in [2.75, 3.05) is 0 Å². The zero-order valence-electron chi connectivity index (χ0n) is 25.2. The largest absolute Gasteiger partial charge is 0.444 e. The first kappa shape index (κ1) is 34.7. The van der Waals surface area contributed by atoms with Crippen LogP contribution in [0.25, 0.3) is 22.9 Å². The van der Waals surface area contributed by atoms with Crippen molar-refractivity contribution < 1.29 is 45.1 Å². The summed E-state index contributed by atoms with van der Waals surface area (Å²) in [4.78, 5) is 8.03. The highest BCUT2D eigenvalue weighted by atomic mass is 35.5. The van der Waals surface area contributed by atoms with Crippen LogP contribution in [0.2, 0.25) is 5.02 Å². The molecule has 2 heterocycles. The van der Waals surface area contributed by atoms with E-state index in [-0.39, 0.29) is 47.5 Å². The van der Waals surface area contributed by atoms with Crippen molar-refractivity contribution in [2.24, 2.45) is 11.1 Å². The van der Waals surface area contributed by atoms with E-state index in [9.17, 15) is 26.3 Å². The maximum atomic E-state index is 13.2. The molecule has 0 aliphatic heterocycles. The summed E-state index contributed by atoms with van der Waals surface area (Å²) in [6.07, 6.45) is -4.74. The van der Waals surface area contributed by atoms with Crippen molar-refractivity contribution in [1.29, 1.82) is 0 Å². The minimum Gasteiger partial charge on any atom is -0.444 e. The Kier molecular flexibility index (Phi) is 10.6. The van der Waals surface area contributed by atoms with E-state index in [2.05, 4.69) is 27.3 Å². The average Bonchev–Trinajstić information content (AvgIpc) is 3.41. The van der Waals surface area contributed by atoms with Gasteiger partial charge in [0.1, 0.15) is 23.9 Å². The van der Waals surface area contributed by atoms with Crippen molar-refractivity contribution in [1.82, 2.24) is 9.97 Å². The van der Waals surface area contributed by atoms with Gasteiger partial charge in [0.2, 0.25) is 11.8 Å². The minimum atomic E-state index is -4.57. The number of halogens is 7. The number of nitrogens with zero attached hydrogens (tertiary/aromatic N) is 3. The van der Waals surface area contributed by atoms with Gasteiger partial charge in [-0.3, -0.25) is 0 Å². The monoisotopic (exact) mass is 691 g/mol. The molecule has 1 N–H and O–H groups in total. The maximum absolute atomic E-state index is 13.2. The molecule has 1 aliphatic carbocycles. The third-order valence-corrected chi connectivity index (χ3v) is 7.73. The van der Waals surface area contributed by atoms with E-state index < -0.39 is 23.5 Å². The molecule has 6 rings (SSSR count). The lowest BCUT2D eigenvalue weighted by atomic mass is 10.1. The zero-order valence-corrected chi connectivity index (χ0v) is 26.0. The molecule has 0 amide bonds. The Morgan fingerprint density at radius 3 is 1.75 bits per heavy atom. The number of ether oxygens (including phenoxy) is 1. The van der Waals surface area contributed by atoms with Crippen LogP contribution in [0.3, 0.4) is 0 Å². The number of rotatable bonds is 9. The Hall–Kier alpha value is -4.62. The van der Waals surface area contributed by atoms with Gasteiger partial charge < -0.3 is 18.8 Å². The fourth-order valence-electron chi connectivity index (χ4n) is 5.10. The summed E-state index contributed by atoms with van der Waals surface area (Å²) in [6.45, 7) is 1.61. The van der Waals surface area contributed by atoms with E-state index in [1.807, 2.05) is 19.1 Å². The van der Waals surface area contributed by atoms with Gasteiger partial charge in [0.25, 0.3) is 0 Å². The number of benzene rings is 3. The zero-order chi connectivity index (χ0) is 34.5. The van der Waals surface area contributed by atoms with Crippen LogP contribution in [0.5, 0.6) is 0 Å².